The monoisotopic (exact) mass is 250 g/mol. The molecule has 2 aromatic rings. The fourth-order valence-electron chi connectivity index (χ4n) is 1.71. The van der Waals surface area contributed by atoms with Crippen LogP contribution in [0.5, 0.6) is 11.5 Å². The third-order valence-corrected chi connectivity index (χ3v) is 2.59. The molecule has 0 radical (unpaired) electrons. The van der Waals surface area contributed by atoms with Crippen molar-refractivity contribution in [2.45, 2.75) is 26.5 Å². The van der Waals surface area contributed by atoms with E-state index in [1.807, 2.05) is 6.92 Å². The number of hydrogen-bond acceptors (Lipinski definition) is 3. The van der Waals surface area contributed by atoms with Crippen LogP contribution in [0.3, 0.4) is 0 Å². The second-order valence-electron chi connectivity index (χ2n) is 3.96. The summed E-state index contributed by atoms with van der Waals surface area (Å²) in [6.45, 7) is 4.19. The maximum Gasteiger partial charge on any atom is 0.165 e. The lowest BCUT2D eigenvalue weighted by Crippen LogP contribution is -1.99. The van der Waals surface area contributed by atoms with Crippen molar-refractivity contribution in [3.05, 3.63) is 42.0 Å². The lowest BCUT2D eigenvalue weighted by atomic mass is 10.1. The fraction of sp³-hybridized carbons (Fsp3) is 0.308. The van der Waals surface area contributed by atoms with Crippen LogP contribution in [0.1, 0.15) is 25.5 Å². The lowest BCUT2D eigenvalue weighted by Gasteiger charge is -2.12. The maximum atomic E-state index is 13.6. The Morgan fingerprint density at radius 3 is 2.89 bits per heavy atom. The van der Waals surface area contributed by atoms with Gasteiger partial charge in [-0.15, -0.1) is 0 Å². The van der Waals surface area contributed by atoms with Crippen molar-refractivity contribution >= 4 is 0 Å². The van der Waals surface area contributed by atoms with Crippen LogP contribution in [0.2, 0.25) is 0 Å². The SMILES string of the molecule is CCn1cc(Oc2cccc(F)c2[C@@H](C)O)cn1. The smallest absolute Gasteiger partial charge is 0.165 e. The Bertz CT molecular complexity index is 538. The highest BCUT2D eigenvalue weighted by molar-refractivity contribution is 5.39. The van der Waals surface area contributed by atoms with Crippen LogP contribution in [0.25, 0.3) is 0 Å². The van der Waals surface area contributed by atoms with E-state index in [0.29, 0.717) is 11.5 Å². The number of aryl methyl sites for hydroxylation is 1. The number of rotatable bonds is 4. The van der Waals surface area contributed by atoms with E-state index in [4.69, 9.17) is 4.74 Å². The Labute approximate surface area is 105 Å². The fourth-order valence-corrected chi connectivity index (χ4v) is 1.71. The number of hydrogen-bond donors (Lipinski definition) is 1. The summed E-state index contributed by atoms with van der Waals surface area (Å²) in [7, 11) is 0. The summed E-state index contributed by atoms with van der Waals surface area (Å²) >= 11 is 0. The van der Waals surface area contributed by atoms with Gasteiger partial charge in [0.2, 0.25) is 0 Å². The van der Waals surface area contributed by atoms with Crippen LogP contribution in [0, 0.1) is 5.82 Å². The molecule has 2 rings (SSSR count). The second-order valence-corrected chi connectivity index (χ2v) is 3.96. The summed E-state index contributed by atoms with van der Waals surface area (Å²) in [5, 5.41) is 13.6. The largest absolute Gasteiger partial charge is 0.454 e. The van der Waals surface area contributed by atoms with Crippen LogP contribution in [-0.2, 0) is 6.54 Å². The molecule has 1 aromatic carbocycles. The minimum Gasteiger partial charge on any atom is -0.454 e. The molecule has 1 heterocycles. The predicted octanol–water partition coefficient (Wildman–Crippen LogP) is 2.89. The molecule has 0 saturated heterocycles. The Morgan fingerprint density at radius 2 is 2.28 bits per heavy atom. The van der Waals surface area contributed by atoms with Crippen LogP contribution >= 0.6 is 0 Å². The van der Waals surface area contributed by atoms with Crippen molar-refractivity contribution in [2.24, 2.45) is 0 Å². The molecule has 0 aliphatic rings. The molecule has 0 amide bonds. The van der Waals surface area contributed by atoms with Crippen molar-refractivity contribution < 1.29 is 14.2 Å². The number of aliphatic hydroxyl groups excluding tert-OH is 1. The molecule has 1 atom stereocenters. The molecule has 0 fully saturated rings. The number of aliphatic hydroxyl groups is 1. The van der Waals surface area contributed by atoms with Crippen molar-refractivity contribution in [2.75, 3.05) is 0 Å². The van der Waals surface area contributed by atoms with E-state index in [1.165, 1.54) is 13.0 Å². The first-order valence-electron chi connectivity index (χ1n) is 5.78. The molecular formula is C13H15FN2O2. The zero-order valence-corrected chi connectivity index (χ0v) is 10.3. The summed E-state index contributed by atoms with van der Waals surface area (Å²) in [4.78, 5) is 0. The molecule has 18 heavy (non-hydrogen) atoms. The minimum atomic E-state index is -0.928. The first-order chi connectivity index (χ1) is 8.61. The molecule has 0 saturated carbocycles. The molecule has 5 heteroatoms. The van der Waals surface area contributed by atoms with Crippen molar-refractivity contribution in [3.63, 3.8) is 0 Å². The molecule has 0 spiro atoms. The number of halogens is 1. The predicted molar refractivity (Wildman–Crippen MR) is 65.0 cm³/mol. The van der Waals surface area contributed by atoms with Gasteiger partial charge in [0.05, 0.1) is 24.1 Å². The van der Waals surface area contributed by atoms with E-state index in [2.05, 4.69) is 5.10 Å². The van der Waals surface area contributed by atoms with Crippen molar-refractivity contribution in [3.8, 4) is 11.5 Å². The summed E-state index contributed by atoms with van der Waals surface area (Å²) in [6.07, 6.45) is 2.35. The number of nitrogens with zero attached hydrogens (tertiary/aromatic N) is 2. The zero-order chi connectivity index (χ0) is 13.1. The van der Waals surface area contributed by atoms with E-state index < -0.39 is 11.9 Å². The first-order valence-corrected chi connectivity index (χ1v) is 5.78. The third-order valence-electron chi connectivity index (χ3n) is 2.59. The van der Waals surface area contributed by atoms with E-state index in [-0.39, 0.29) is 5.56 Å². The maximum absolute atomic E-state index is 13.6. The molecule has 0 aliphatic heterocycles. The zero-order valence-electron chi connectivity index (χ0n) is 10.3. The van der Waals surface area contributed by atoms with Gasteiger partial charge in [0.1, 0.15) is 11.6 Å². The van der Waals surface area contributed by atoms with Gasteiger partial charge in [0, 0.05) is 6.54 Å². The van der Waals surface area contributed by atoms with Gasteiger partial charge in [0.25, 0.3) is 0 Å². The van der Waals surface area contributed by atoms with Gasteiger partial charge in [0.15, 0.2) is 5.75 Å². The van der Waals surface area contributed by atoms with Crippen LogP contribution < -0.4 is 4.74 Å². The summed E-state index contributed by atoms with van der Waals surface area (Å²) < 4.78 is 20.9. The van der Waals surface area contributed by atoms with Crippen LogP contribution in [0.4, 0.5) is 4.39 Å². The van der Waals surface area contributed by atoms with Gasteiger partial charge in [-0.05, 0) is 26.0 Å². The number of aromatic nitrogens is 2. The van der Waals surface area contributed by atoms with Gasteiger partial charge < -0.3 is 9.84 Å². The molecule has 4 nitrogen and oxygen atoms in total. The second kappa shape index (κ2) is 5.18. The Hall–Kier alpha value is -1.88. The van der Waals surface area contributed by atoms with Gasteiger partial charge in [-0.1, -0.05) is 6.07 Å². The summed E-state index contributed by atoms with van der Waals surface area (Å²) in [5.41, 5.74) is 0.154. The quantitative estimate of drug-likeness (QED) is 0.907. The average Bonchev–Trinajstić information content (AvgIpc) is 2.76. The highest BCUT2D eigenvalue weighted by Gasteiger charge is 2.15. The molecule has 0 aliphatic carbocycles. The van der Waals surface area contributed by atoms with Crippen LogP contribution in [0.15, 0.2) is 30.6 Å². The third kappa shape index (κ3) is 2.51. The topological polar surface area (TPSA) is 47.3 Å². The molecule has 0 unspecified atom stereocenters. The van der Waals surface area contributed by atoms with E-state index in [0.717, 1.165) is 6.54 Å². The Morgan fingerprint density at radius 1 is 1.50 bits per heavy atom. The van der Waals surface area contributed by atoms with Gasteiger partial charge >= 0.3 is 0 Å². The molecule has 0 bridgehead atoms. The Balaban J connectivity index is 2.31. The number of ether oxygens (including phenoxy) is 1. The standard InChI is InChI=1S/C13H15FN2O2/c1-3-16-8-10(7-15-16)18-12-6-4-5-11(14)13(12)9(2)17/h4-9,17H,3H2,1-2H3/t9-/m1/s1. The van der Waals surface area contributed by atoms with Crippen LogP contribution in [-0.4, -0.2) is 14.9 Å². The highest BCUT2D eigenvalue weighted by Crippen LogP contribution is 2.31. The van der Waals surface area contributed by atoms with Crippen molar-refractivity contribution in [1.82, 2.24) is 9.78 Å². The Kier molecular flexibility index (Phi) is 3.62. The van der Waals surface area contributed by atoms with Gasteiger partial charge in [-0.2, -0.15) is 5.10 Å². The van der Waals surface area contributed by atoms with Gasteiger partial charge in [-0.3, -0.25) is 4.68 Å². The normalized spacial score (nSPS) is 12.4. The first kappa shape index (κ1) is 12.6. The van der Waals surface area contributed by atoms with Gasteiger partial charge in [-0.25, -0.2) is 4.39 Å². The molecule has 1 N–H and O–H groups in total. The average molecular weight is 250 g/mol. The molecular weight excluding hydrogens is 235 g/mol. The highest BCUT2D eigenvalue weighted by atomic mass is 19.1. The van der Waals surface area contributed by atoms with E-state index in [9.17, 15) is 9.50 Å². The van der Waals surface area contributed by atoms with Crippen molar-refractivity contribution in [1.29, 1.82) is 0 Å². The summed E-state index contributed by atoms with van der Waals surface area (Å²) in [6, 6.07) is 4.46. The summed E-state index contributed by atoms with van der Waals surface area (Å²) in [5.74, 6) is 0.343. The lowest BCUT2D eigenvalue weighted by molar-refractivity contribution is 0.190. The number of benzene rings is 1. The molecule has 96 valence electrons. The van der Waals surface area contributed by atoms with E-state index >= 15 is 0 Å². The van der Waals surface area contributed by atoms with E-state index in [1.54, 1.807) is 29.2 Å². The minimum absolute atomic E-state index is 0.154. The molecule has 1 aromatic heterocycles.